The van der Waals surface area contributed by atoms with E-state index in [0.29, 0.717) is 29.8 Å². The average Bonchev–Trinajstić information content (AvgIpc) is 3.26. The number of fused-ring (bicyclic) bond motifs is 4. The molecule has 0 unspecified atom stereocenters. The molecule has 2 aliphatic rings. The van der Waals surface area contributed by atoms with Crippen molar-refractivity contribution < 1.29 is 4.52 Å². The summed E-state index contributed by atoms with van der Waals surface area (Å²) < 4.78 is 9.21. The van der Waals surface area contributed by atoms with E-state index in [1.165, 1.54) is 6.42 Å². The number of aryl methyl sites for hydroxylation is 1. The second-order valence-corrected chi connectivity index (χ2v) is 7.36. The molecule has 5 rings (SSSR count). The summed E-state index contributed by atoms with van der Waals surface area (Å²) >= 11 is 0. The molecule has 134 valence electrons. The van der Waals surface area contributed by atoms with E-state index in [1.807, 2.05) is 34.4 Å². The Hall–Kier alpha value is -2.67. The lowest BCUT2D eigenvalue weighted by Gasteiger charge is -2.37. The first kappa shape index (κ1) is 15.6. The minimum absolute atomic E-state index is 0.0558. The first-order valence-electron chi connectivity index (χ1n) is 9.07. The summed E-state index contributed by atoms with van der Waals surface area (Å²) in [6.07, 6.45) is 4.77. The first-order valence-corrected chi connectivity index (χ1v) is 9.07. The lowest BCUT2D eigenvalue weighted by molar-refractivity contribution is 0.257. The number of imidazole rings is 1. The summed E-state index contributed by atoms with van der Waals surface area (Å²) in [5.74, 6) is 2.39. The number of aromatic nitrogens is 4. The van der Waals surface area contributed by atoms with Gasteiger partial charge in [-0.2, -0.15) is 0 Å². The summed E-state index contributed by atoms with van der Waals surface area (Å²) in [7, 11) is 0. The van der Waals surface area contributed by atoms with Gasteiger partial charge in [0.25, 0.3) is 5.56 Å². The Kier molecular flexibility index (Phi) is 3.56. The maximum atomic E-state index is 13.2. The number of hydrogen-bond donors (Lipinski definition) is 1. The third kappa shape index (κ3) is 2.50. The summed E-state index contributed by atoms with van der Waals surface area (Å²) in [5, 5.41) is 7.41. The molecule has 0 spiro atoms. The van der Waals surface area contributed by atoms with Crippen LogP contribution in [0.5, 0.6) is 0 Å². The zero-order chi connectivity index (χ0) is 17.7. The van der Waals surface area contributed by atoms with Crippen LogP contribution in [-0.2, 0) is 13.1 Å². The molecule has 7 nitrogen and oxygen atoms in total. The van der Waals surface area contributed by atoms with Gasteiger partial charge >= 0.3 is 0 Å². The molecule has 5 heterocycles. The van der Waals surface area contributed by atoms with Crippen LogP contribution >= 0.6 is 0 Å². The van der Waals surface area contributed by atoms with Gasteiger partial charge in [-0.15, -0.1) is 0 Å². The third-order valence-corrected chi connectivity index (χ3v) is 5.47. The highest BCUT2D eigenvalue weighted by Crippen LogP contribution is 2.32. The van der Waals surface area contributed by atoms with Crippen molar-refractivity contribution in [2.45, 2.75) is 32.4 Å². The fourth-order valence-corrected chi connectivity index (χ4v) is 4.30. The Bertz CT molecular complexity index is 1020. The van der Waals surface area contributed by atoms with Gasteiger partial charge in [0.05, 0.1) is 17.8 Å². The van der Waals surface area contributed by atoms with Crippen molar-refractivity contribution in [1.82, 2.24) is 24.6 Å². The maximum Gasteiger partial charge on any atom is 0.261 e. The largest absolute Gasteiger partial charge is 0.359 e. The Balaban J connectivity index is 1.55. The monoisotopic (exact) mass is 351 g/mol. The number of nitrogens with one attached hydrogen (secondary N) is 1. The lowest BCUT2D eigenvalue weighted by Crippen LogP contribution is -2.45. The molecule has 26 heavy (non-hydrogen) atoms. The van der Waals surface area contributed by atoms with Crippen LogP contribution in [-0.4, -0.2) is 32.4 Å². The Morgan fingerprint density at radius 1 is 1.35 bits per heavy atom. The number of piperidine rings is 1. The van der Waals surface area contributed by atoms with E-state index in [1.54, 1.807) is 6.20 Å². The van der Waals surface area contributed by atoms with Crippen LogP contribution in [0.2, 0.25) is 0 Å². The maximum absolute atomic E-state index is 13.2. The van der Waals surface area contributed by atoms with Crippen LogP contribution in [0.1, 0.15) is 29.5 Å². The van der Waals surface area contributed by atoms with Gasteiger partial charge in [0.15, 0.2) is 5.76 Å². The number of hydrogen-bond acceptors (Lipinski definition) is 5. The molecule has 1 N–H and O–H groups in total. The molecule has 2 atom stereocenters. The Morgan fingerprint density at radius 3 is 3.12 bits per heavy atom. The van der Waals surface area contributed by atoms with Crippen molar-refractivity contribution in [2.75, 3.05) is 13.1 Å². The molecule has 2 aliphatic heterocycles. The summed E-state index contributed by atoms with van der Waals surface area (Å²) in [4.78, 5) is 17.7. The summed E-state index contributed by atoms with van der Waals surface area (Å²) in [6.45, 7) is 5.13. The fraction of sp³-hybridized carbons (Fsp3) is 0.421. The van der Waals surface area contributed by atoms with Crippen LogP contribution in [0, 0.1) is 12.8 Å². The lowest BCUT2D eigenvalue weighted by atomic mass is 9.84. The highest BCUT2D eigenvalue weighted by molar-refractivity contribution is 5.55. The highest BCUT2D eigenvalue weighted by atomic mass is 16.5. The van der Waals surface area contributed by atoms with E-state index < -0.39 is 0 Å². The minimum Gasteiger partial charge on any atom is -0.359 e. The van der Waals surface area contributed by atoms with Crippen molar-refractivity contribution in [2.24, 2.45) is 5.92 Å². The molecule has 1 fully saturated rings. The SMILES string of the molecule is Cc1cc(Cn2ccnc2-c2ccc3n(c2=O)C[C@@H]2CNC[C@H]3C2)on1. The molecule has 0 aliphatic carbocycles. The normalized spacial score (nSPS) is 21.6. The molecule has 7 heteroatoms. The van der Waals surface area contributed by atoms with Gasteiger partial charge < -0.3 is 19.0 Å². The van der Waals surface area contributed by atoms with Crippen LogP contribution in [0.25, 0.3) is 11.4 Å². The zero-order valence-corrected chi connectivity index (χ0v) is 14.7. The van der Waals surface area contributed by atoms with Crippen LogP contribution in [0.4, 0.5) is 0 Å². The Labute approximate surface area is 150 Å². The predicted molar refractivity (Wildman–Crippen MR) is 96.0 cm³/mol. The highest BCUT2D eigenvalue weighted by Gasteiger charge is 2.31. The van der Waals surface area contributed by atoms with Gasteiger partial charge in [-0.3, -0.25) is 4.79 Å². The van der Waals surface area contributed by atoms with E-state index in [2.05, 4.69) is 21.5 Å². The number of nitrogens with zero attached hydrogens (tertiary/aromatic N) is 4. The van der Waals surface area contributed by atoms with E-state index >= 15 is 0 Å². The van der Waals surface area contributed by atoms with Gasteiger partial charge in [-0.05, 0) is 37.9 Å². The second kappa shape index (κ2) is 5.95. The minimum atomic E-state index is 0.0558. The van der Waals surface area contributed by atoms with Crippen molar-refractivity contribution in [3.63, 3.8) is 0 Å². The molecular weight excluding hydrogens is 330 g/mol. The topological polar surface area (TPSA) is 77.9 Å². The van der Waals surface area contributed by atoms with Gasteiger partial charge in [0.1, 0.15) is 5.82 Å². The molecule has 1 saturated heterocycles. The van der Waals surface area contributed by atoms with E-state index in [0.717, 1.165) is 36.8 Å². The van der Waals surface area contributed by atoms with Crippen LogP contribution < -0.4 is 10.9 Å². The quantitative estimate of drug-likeness (QED) is 0.778. The molecule has 3 aromatic heterocycles. The van der Waals surface area contributed by atoms with Crippen molar-refractivity contribution in [3.05, 3.63) is 58.1 Å². The van der Waals surface area contributed by atoms with Gasteiger partial charge in [0, 0.05) is 43.2 Å². The van der Waals surface area contributed by atoms with Gasteiger partial charge in [-0.25, -0.2) is 4.98 Å². The fourth-order valence-electron chi connectivity index (χ4n) is 4.30. The standard InChI is InChI=1S/C19H21N5O2/c1-12-6-15(26-22-12)11-23-5-4-21-18(23)16-2-3-17-14-7-13(8-20-9-14)10-24(17)19(16)25/h2-6,13-14,20H,7-11H2,1H3/t13-,14+/m0/s1. The van der Waals surface area contributed by atoms with Crippen LogP contribution in [0.15, 0.2) is 39.9 Å². The van der Waals surface area contributed by atoms with Gasteiger partial charge in [0.2, 0.25) is 0 Å². The summed E-state index contributed by atoms with van der Waals surface area (Å²) in [6, 6.07) is 5.92. The molecular formula is C19H21N5O2. The predicted octanol–water partition coefficient (Wildman–Crippen LogP) is 1.76. The molecule has 0 aromatic carbocycles. The molecule has 0 saturated carbocycles. The second-order valence-electron chi connectivity index (χ2n) is 7.36. The van der Waals surface area contributed by atoms with Crippen molar-refractivity contribution >= 4 is 0 Å². The van der Waals surface area contributed by atoms with Crippen molar-refractivity contribution in [3.8, 4) is 11.4 Å². The van der Waals surface area contributed by atoms with Crippen molar-refractivity contribution in [1.29, 1.82) is 0 Å². The Morgan fingerprint density at radius 2 is 2.27 bits per heavy atom. The van der Waals surface area contributed by atoms with E-state index in [9.17, 15) is 4.79 Å². The van der Waals surface area contributed by atoms with Gasteiger partial charge in [-0.1, -0.05) is 5.16 Å². The molecule has 0 radical (unpaired) electrons. The van der Waals surface area contributed by atoms with E-state index in [4.69, 9.17) is 4.52 Å². The molecule has 2 bridgehead atoms. The first-order chi connectivity index (χ1) is 12.7. The number of pyridine rings is 1. The van der Waals surface area contributed by atoms with Crippen LogP contribution in [0.3, 0.4) is 0 Å². The number of rotatable bonds is 3. The summed E-state index contributed by atoms with van der Waals surface area (Å²) in [5.41, 5.74) is 2.69. The zero-order valence-electron chi connectivity index (χ0n) is 14.7. The third-order valence-electron chi connectivity index (χ3n) is 5.47. The smallest absolute Gasteiger partial charge is 0.261 e. The average molecular weight is 351 g/mol. The van der Waals surface area contributed by atoms with E-state index in [-0.39, 0.29) is 5.56 Å². The molecule has 0 amide bonds. The molecule has 3 aromatic rings.